The van der Waals surface area contributed by atoms with Gasteiger partial charge >= 0.3 is 6.09 Å². The maximum Gasteiger partial charge on any atom is 0.414 e. The summed E-state index contributed by atoms with van der Waals surface area (Å²) < 4.78 is 25.1. The number of nitrogens with one attached hydrogen (secondary N) is 1. The van der Waals surface area contributed by atoms with Gasteiger partial charge in [-0.2, -0.15) is 0 Å². The molecule has 1 amide bonds. The molecule has 0 bridgehead atoms. The quantitative estimate of drug-likeness (QED) is 0.634. The molecule has 0 aromatic heterocycles. The van der Waals surface area contributed by atoms with Crippen molar-refractivity contribution < 1.29 is 18.7 Å². The predicted molar refractivity (Wildman–Crippen MR) is 90.1 cm³/mol. The molecular weight excluding hydrogens is 313 g/mol. The highest BCUT2D eigenvalue weighted by Gasteiger charge is 2.32. The summed E-state index contributed by atoms with van der Waals surface area (Å²) >= 11 is 0. The smallest absolute Gasteiger partial charge is 0.414 e. The largest absolute Gasteiger partial charge is 0.443 e. The SMILES string of the molecule is C=CCNCC1CN(c2ccc(N3CCOCC3)c(F)c2)C(=O)O1. The summed E-state index contributed by atoms with van der Waals surface area (Å²) in [4.78, 5) is 15.4. The monoisotopic (exact) mass is 335 g/mol. The first kappa shape index (κ1) is 16.7. The van der Waals surface area contributed by atoms with Crippen LogP contribution in [0.5, 0.6) is 0 Å². The number of anilines is 2. The molecule has 2 fully saturated rings. The zero-order valence-electron chi connectivity index (χ0n) is 13.5. The van der Waals surface area contributed by atoms with E-state index in [0.717, 1.165) is 0 Å². The number of nitrogens with zero attached hydrogens (tertiary/aromatic N) is 2. The molecule has 1 aromatic rings. The molecule has 1 atom stereocenters. The van der Waals surface area contributed by atoms with Crippen molar-refractivity contribution in [1.82, 2.24) is 5.32 Å². The predicted octanol–water partition coefficient (Wildman–Crippen LogP) is 1.76. The number of ether oxygens (including phenoxy) is 2. The molecule has 130 valence electrons. The van der Waals surface area contributed by atoms with E-state index in [9.17, 15) is 9.18 Å². The minimum absolute atomic E-state index is 0.251. The van der Waals surface area contributed by atoms with Crippen LogP contribution in [0.25, 0.3) is 0 Å². The van der Waals surface area contributed by atoms with Crippen LogP contribution in [0.2, 0.25) is 0 Å². The number of carbonyl (C=O) groups excluding carboxylic acids is 1. The van der Waals surface area contributed by atoms with Crippen molar-refractivity contribution >= 4 is 17.5 Å². The van der Waals surface area contributed by atoms with Gasteiger partial charge in [-0.15, -0.1) is 6.58 Å². The number of hydrogen-bond donors (Lipinski definition) is 1. The third-order valence-corrected chi connectivity index (χ3v) is 4.13. The summed E-state index contributed by atoms with van der Waals surface area (Å²) in [6.07, 6.45) is 1.05. The first-order chi connectivity index (χ1) is 11.7. The Bertz CT molecular complexity index is 605. The average molecular weight is 335 g/mol. The summed E-state index contributed by atoms with van der Waals surface area (Å²) in [6, 6.07) is 4.87. The Labute approximate surface area is 140 Å². The van der Waals surface area contributed by atoms with Crippen molar-refractivity contribution in [3.8, 4) is 0 Å². The lowest BCUT2D eigenvalue weighted by Gasteiger charge is -2.29. The van der Waals surface area contributed by atoms with E-state index in [1.807, 2.05) is 4.90 Å². The van der Waals surface area contributed by atoms with Crippen LogP contribution in [-0.4, -0.2) is 58.1 Å². The van der Waals surface area contributed by atoms with Crippen LogP contribution in [0.3, 0.4) is 0 Å². The molecule has 6 nitrogen and oxygen atoms in total. The molecule has 0 radical (unpaired) electrons. The van der Waals surface area contributed by atoms with Crippen LogP contribution in [-0.2, 0) is 9.47 Å². The highest BCUT2D eigenvalue weighted by atomic mass is 19.1. The van der Waals surface area contributed by atoms with Crippen LogP contribution >= 0.6 is 0 Å². The average Bonchev–Trinajstić information content (AvgIpc) is 2.96. The fraction of sp³-hybridized carbons (Fsp3) is 0.471. The van der Waals surface area contributed by atoms with E-state index < -0.39 is 6.09 Å². The molecule has 2 aliphatic rings. The van der Waals surface area contributed by atoms with Crippen LogP contribution in [0.1, 0.15) is 0 Å². The highest BCUT2D eigenvalue weighted by molar-refractivity contribution is 5.90. The molecule has 2 aliphatic heterocycles. The summed E-state index contributed by atoms with van der Waals surface area (Å²) in [6.45, 7) is 7.74. The Kier molecular flexibility index (Phi) is 5.32. The number of carbonyl (C=O) groups is 1. The lowest BCUT2D eigenvalue weighted by Crippen LogP contribution is -2.36. The molecule has 0 aliphatic carbocycles. The van der Waals surface area contributed by atoms with Crippen molar-refractivity contribution in [2.24, 2.45) is 0 Å². The van der Waals surface area contributed by atoms with Gasteiger partial charge in [0.15, 0.2) is 0 Å². The van der Waals surface area contributed by atoms with Crippen LogP contribution in [0.15, 0.2) is 30.9 Å². The standard InChI is InChI=1S/C17H22FN3O3/c1-2-5-19-11-14-12-21(17(22)24-14)13-3-4-16(15(18)10-13)20-6-8-23-9-7-20/h2-4,10,14,19H,1,5-9,11-12H2. The number of rotatable bonds is 6. The number of cyclic esters (lactones) is 1. The summed E-state index contributed by atoms with van der Waals surface area (Å²) in [7, 11) is 0. The zero-order chi connectivity index (χ0) is 16.9. The van der Waals surface area contributed by atoms with Crippen molar-refractivity contribution in [3.63, 3.8) is 0 Å². The first-order valence-corrected chi connectivity index (χ1v) is 8.11. The summed E-state index contributed by atoms with van der Waals surface area (Å²) in [5, 5.41) is 3.12. The van der Waals surface area contributed by atoms with Gasteiger partial charge in [0.2, 0.25) is 0 Å². The highest BCUT2D eigenvalue weighted by Crippen LogP contribution is 2.28. The van der Waals surface area contributed by atoms with Crippen LogP contribution < -0.4 is 15.1 Å². The maximum absolute atomic E-state index is 14.5. The molecule has 3 rings (SSSR count). The molecule has 0 saturated carbocycles. The van der Waals surface area contributed by atoms with Gasteiger partial charge in [0.05, 0.1) is 31.1 Å². The van der Waals surface area contributed by atoms with Gasteiger partial charge in [0, 0.05) is 26.2 Å². The maximum atomic E-state index is 14.5. The number of halogens is 1. The van der Waals surface area contributed by atoms with E-state index in [1.165, 1.54) is 11.0 Å². The third kappa shape index (κ3) is 3.68. The molecule has 1 aromatic carbocycles. The topological polar surface area (TPSA) is 54.0 Å². The lowest BCUT2D eigenvalue weighted by molar-refractivity contribution is 0.122. The van der Waals surface area contributed by atoms with Gasteiger partial charge in [-0.3, -0.25) is 4.90 Å². The molecule has 2 heterocycles. The number of benzene rings is 1. The van der Waals surface area contributed by atoms with Gasteiger partial charge in [0.1, 0.15) is 11.9 Å². The molecule has 0 spiro atoms. The van der Waals surface area contributed by atoms with Crippen molar-refractivity contribution in [1.29, 1.82) is 0 Å². The van der Waals surface area contributed by atoms with Crippen LogP contribution in [0.4, 0.5) is 20.6 Å². The third-order valence-electron chi connectivity index (χ3n) is 4.13. The molecule has 1 N–H and O–H groups in total. The van der Waals surface area contributed by atoms with Crippen molar-refractivity contribution in [2.75, 3.05) is 55.7 Å². The second-order valence-corrected chi connectivity index (χ2v) is 5.80. The molecule has 7 heteroatoms. The molecule has 24 heavy (non-hydrogen) atoms. The fourth-order valence-electron chi connectivity index (χ4n) is 2.91. The molecular formula is C17H22FN3O3. The minimum atomic E-state index is -0.445. The second-order valence-electron chi connectivity index (χ2n) is 5.80. The number of hydrogen-bond acceptors (Lipinski definition) is 5. The van der Waals surface area contributed by atoms with Crippen molar-refractivity contribution in [3.05, 3.63) is 36.7 Å². The Hall–Kier alpha value is -2.12. The molecule has 2 saturated heterocycles. The molecule has 1 unspecified atom stereocenters. The van der Waals surface area contributed by atoms with Gasteiger partial charge in [-0.25, -0.2) is 9.18 Å². The number of morpholine rings is 1. The zero-order valence-corrected chi connectivity index (χ0v) is 13.5. The van der Waals surface area contributed by atoms with Gasteiger partial charge in [0.25, 0.3) is 0 Å². The Morgan fingerprint density at radius 3 is 2.88 bits per heavy atom. The van der Waals surface area contributed by atoms with E-state index in [1.54, 1.807) is 18.2 Å². The van der Waals surface area contributed by atoms with E-state index in [2.05, 4.69) is 11.9 Å². The summed E-state index contributed by atoms with van der Waals surface area (Å²) in [5.74, 6) is -0.338. The fourth-order valence-corrected chi connectivity index (χ4v) is 2.91. The Morgan fingerprint density at radius 1 is 1.38 bits per heavy atom. The Balaban J connectivity index is 1.67. The lowest BCUT2D eigenvalue weighted by atomic mass is 10.2. The van der Waals surface area contributed by atoms with E-state index in [-0.39, 0.29) is 11.9 Å². The second kappa shape index (κ2) is 7.63. The number of amides is 1. The summed E-state index contributed by atoms with van der Waals surface area (Å²) in [5.41, 5.74) is 1.06. The normalized spacial score (nSPS) is 21.0. The van der Waals surface area contributed by atoms with E-state index in [4.69, 9.17) is 9.47 Å². The van der Waals surface area contributed by atoms with E-state index in [0.29, 0.717) is 57.3 Å². The first-order valence-electron chi connectivity index (χ1n) is 8.11. The van der Waals surface area contributed by atoms with Crippen LogP contribution in [0, 0.1) is 5.82 Å². The van der Waals surface area contributed by atoms with Gasteiger partial charge in [-0.05, 0) is 18.2 Å². The van der Waals surface area contributed by atoms with Gasteiger partial charge < -0.3 is 19.7 Å². The minimum Gasteiger partial charge on any atom is -0.443 e. The van der Waals surface area contributed by atoms with E-state index >= 15 is 0 Å². The Morgan fingerprint density at radius 2 is 2.17 bits per heavy atom. The van der Waals surface area contributed by atoms with Gasteiger partial charge in [-0.1, -0.05) is 6.08 Å². The van der Waals surface area contributed by atoms with Crippen molar-refractivity contribution in [2.45, 2.75) is 6.10 Å².